The molecular weight excluding hydrogens is 845 g/mol. The van der Waals surface area contributed by atoms with Crippen LogP contribution in [0.5, 0.6) is 11.5 Å². The first-order valence-corrected chi connectivity index (χ1v) is 17.5. The quantitative estimate of drug-likeness (QED) is 0.120. The van der Waals surface area contributed by atoms with E-state index in [9.17, 15) is 14.0 Å². The number of benzene rings is 4. The highest BCUT2D eigenvalue weighted by molar-refractivity contribution is 14.1. The molecule has 0 aliphatic carbocycles. The Bertz CT molecular complexity index is 2200. The molecule has 0 saturated heterocycles. The predicted molar refractivity (Wildman–Crippen MR) is 197 cm³/mol. The summed E-state index contributed by atoms with van der Waals surface area (Å²) in [6, 6.07) is 26.2. The van der Waals surface area contributed by atoms with Gasteiger partial charge in [0.05, 0.1) is 39.1 Å². The van der Waals surface area contributed by atoms with Crippen LogP contribution in [0.25, 0.3) is 11.8 Å². The van der Waals surface area contributed by atoms with Gasteiger partial charge in [-0.25, -0.2) is 14.2 Å². The van der Waals surface area contributed by atoms with Crippen molar-refractivity contribution in [3.05, 3.63) is 151 Å². The summed E-state index contributed by atoms with van der Waals surface area (Å²) < 4.78 is 35.4. The smallest absolute Gasteiger partial charge is 0.338 e. The van der Waals surface area contributed by atoms with E-state index in [2.05, 4.69) is 45.2 Å². The molecule has 0 unspecified atom stereocenters. The van der Waals surface area contributed by atoms with E-state index in [1.165, 1.54) is 17.4 Å². The molecule has 4 aromatic carbocycles. The number of esters is 1. The molecule has 1 aliphatic rings. The summed E-state index contributed by atoms with van der Waals surface area (Å²) in [6.45, 7) is 1.91. The van der Waals surface area contributed by atoms with Crippen LogP contribution in [-0.2, 0) is 16.1 Å². The van der Waals surface area contributed by atoms with Gasteiger partial charge in [0.2, 0.25) is 0 Å². The van der Waals surface area contributed by atoms with Gasteiger partial charge in [-0.1, -0.05) is 72.0 Å². The minimum absolute atomic E-state index is 0.0184. The van der Waals surface area contributed by atoms with Gasteiger partial charge >= 0.3 is 5.97 Å². The Morgan fingerprint density at radius 1 is 1.02 bits per heavy atom. The van der Waals surface area contributed by atoms with Gasteiger partial charge in [0.25, 0.3) is 5.56 Å². The summed E-state index contributed by atoms with van der Waals surface area (Å²) in [7, 11) is 1.57. The molecule has 6 rings (SSSR count). The minimum Gasteiger partial charge on any atom is -0.497 e. The first-order valence-electron chi connectivity index (χ1n) is 14.6. The average Bonchev–Trinajstić information content (AvgIpc) is 3.38. The number of nitrogens with zero attached hydrogens (tertiary/aromatic N) is 2. The topological polar surface area (TPSA) is 79.1 Å². The van der Waals surface area contributed by atoms with Crippen LogP contribution in [0.15, 0.2) is 106 Å². The number of thiazole rings is 1. The molecule has 0 amide bonds. The fourth-order valence-electron chi connectivity index (χ4n) is 5.31. The molecule has 0 saturated carbocycles. The average molecular weight is 872 g/mol. The van der Waals surface area contributed by atoms with E-state index >= 15 is 0 Å². The maximum atomic E-state index is 14.4. The van der Waals surface area contributed by atoms with Gasteiger partial charge in [-0.05, 0) is 94.1 Å². The molecule has 5 aromatic rings. The van der Waals surface area contributed by atoms with Crippen LogP contribution in [0.4, 0.5) is 4.39 Å². The summed E-state index contributed by atoms with van der Waals surface area (Å²) >= 11 is 5.62. The molecular formula is C36H27FI2N2O5S. The number of rotatable bonds is 9. The highest BCUT2D eigenvalue weighted by atomic mass is 127. The van der Waals surface area contributed by atoms with Crippen molar-refractivity contribution in [3.63, 3.8) is 0 Å². The van der Waals surface area contributed by atoms with Crippen molar-refractivity contribution in [2.45, 2.75) is 19.6 Å². The highest BCUT2D eigenvalue weighted by Gasteiger charge is 2.35. The third-order valence-corrected chi connectivity index (χ3v) is 9.84. The third-order valence-electron chi connectivity index (χ3n) is 7.44. The summed E-state index contributed by atoms with van der Waals surface area (Å²) in [6.07, 6.45) is 1.77. The Labute approximate surface area is 301 Å². The summed E-state index contributed by atoms with van der Waals surface area (Å²) in [5, 5.41) is 0. The molecule has 0 N–H and O–H groups in total. The highest BCUT2D eigenvalue weighted by Crippen LogP contribution is 2.36. The molecule has 1 aliphatic heterocycles. The van der Waals surface area contributed by atoms with E-state index in [1.54, 1.807) is 48.9 Å². The molecule has 11 heteroatoms. The Morgan fingerprint density at radius 2 is 1.79 bits per heavy atom. The van der Waals surface area contributed by atoms with Gasteiger partial charge in [0.1, 0.15) is 23.9 Å². The lowest BCUT2D eigenvalue weighted by atomic mass is 9.93. The lowest BCUT2D eigenvalue weighted by Crippen LogP contribution is -2.40. The number of ether oxygens (including phenoxy) is 3. The summed E-state index contributed by atoms with van der Waals surface area (Å²) in [5.74, 6) is 0.193. The van der Waals surface area contributed by atoms with Crippen LogP contribution in [-0.4, -0.2) is 24.3 Å². The van der Waals surface area contributed by atoms with E-state index in [-0.39, 0.29) is 30.2 Å². The number of hydrogen-bond donors (Lipinski definition) is 0. The molecule has 0 bridgehead atoms. The molecule has 0 spiro atoms. The van der Waals surface area contributed by atoms with Crippen LogP contribution in [0.2, 0.25) is 0 Å². The van der Waals surface area contributed by atoms with Crippen LogP contribution in [0, 0.1) is 13.0 Å². The van der Waals surface area contributed by atoms with Gasteiger partial charge in [0.15, 0.2) is 4.80 Å². The Balaban J connectivity index is 1.57. The fourth-order valence-corrected chi connectivity index (χ4v) is 8.35. The molecule has 1 atom stereocenters. The number of carbonyl (C=O) groups is 1. The molecule has 0 radical (unpaired) electrons. The zero-order valence-corrected chi connectivity index (χ0v) is 30.3. The maximum Gasteiger partial charge on any atom is 0.338 e. The van der Waals surface area contributed by atoms with Gasteiger partial charge in [-0.2, -0.15) is 0 Å². The van der Waals surface area contributed by atoms with Crippen molar-refractivity contribution >= 4 is 74.3 Å². The molecule has 0 fully saturated rings. The van der Waals surface area contributed by atoms with Crippen molar-refractivity contribution in [1.29, 1.82) is 0 Å². The van der Waals surface area contributed by atoms with Crippen molar-refractivity contribution in [2.75, 3.05) is 13.7 Å². The Kier molecular flexibility index (Phi) is 10.2. The first kappa shape index (κ1) is 33.1. The number of aromatic nitrogens is 1. The molecule has 47 heavy (non-hydrogen) atoms. The number of methoxy groups -OCH3 is 1. The van der Waals surface area contributed by atoms with Crippen molar-refractivity contribution < 1.29 is 23.4 Å². The molecule has 238 valence electrons. The maximum absolute atomic E-state index is 14.4. The van der Waals surface area contributed by atoms with Gasteiger partial charge in [-0.3, -0.25) is 9.36 Å². The first-order chi connectivity index (χ1) is 22.8. The van der Waals surface area contributed by atoms with Crippen molar-refractivity contribution in [3.8, 4) is 11.5 Å². The Morgan fingerprint density at radius 3 is 2.53 bits per heavy atom. The summed E-state index contributed by atoms with van der Waals surface area (Å²) in [5.41, 5.74) is 2.83. The van der Waals surface area contributed by atoms with Crippen molar-refractivity contribution in [2.24, 2.45) is 4.99 Å². The summed E-state index contributed by atoms with van der Waals surface area (Å²) in [4.78, 5) is 33.5. The number of carbonyl (C=O) groups excluding carboxylic acids is 1. The zero-order chi connectivity index (χ0) is 33.1. The number of hydrogen-bond acceptors (Lipinski definition) is 7. The molecule has 2 heterocycles. The van der Waals surface area contributed by atoms with Crippen molar-refractivity contribution in [1.82, 2.24) is 4.57 Å². The third kappa shape index (κ3) is 6.92. The normalized spacial score (nSPS) is 14.4. The number of fused-ring (bicyclic) bond motifs is 1. The van der Waals surface area contributed by atoms with Gasteiger partial charge in [-0.15, -0.1) is 0 Å². The fraction of sp³-hybridized carbons (Fsp3) is 0.139. The standard InChI is InChI=1S/C36H27FI2N2O5S/c1-3-45-35(43)30-31(21-10-5-4-6-11-21)40-36-41(32(30)22-13-9-14-26(17-22)44-2)34(42)29(47-36)18-24-16-25(38)19-28(39)33(24)46-20-23-12-7-8-15-27(23)37/h4-19,32H,3,20H2,1-2H3/b29-18-/t32-/m1/s1. The molecule has 1 aromatic heterocycles. The van der Waals surface area contributed by atoms with Crippen LogP contribution >= 0.6 is 56.5 Å². The van der Waals surface area contributed by atoms with E-state index < -0.39 is 12.0 Å². The zero-order valence-electron chi connectivity index (χ0n) is 25.2. The monoisotopic (exact) mass is 872 g/mol. The second kappa shape index (κ2) is 14.5. The van der Waals surface area contributed by atoms with Gasteiger partial charge in [0, 0.05) is 20.3 Å². The second-order valence-corrected chi connectivity index (χ2v) is 13.8. The minimum atomic E-state index is -0.842. The lowest BCUT2D eigenvalue weighted by Gasteiger charge is -2.26. The van der Waals surface area contributed by atoms with E-state index in [0.29, 0.717) is 43.2 Å². The van der Waals surface area contributed by atoms with E-state index in [1.807, 2.05) is 60.7 Å². The number of halogens is 3. The van der Waals surface area contributed by atoms with E-state index in [0.717, 1.165) is 12.7 Å². The second-order valence-electron chi connectivity index (χ2n) is 10.4. The predicted octanol–water partition coefficient (Wildman–Crippen LogP) is 6.87. The largest absolute Gasteiger partial charge is 0.497 e. The van der Waals surface area contributed by atoms with Crippen LogP contribution in [0.3, 0.4) is 0 Å². The van der Waals surface area contributed by atoms with Crippen LogP contribution < -0.4 is 24.4 Å². The SMILES string of the molecule is CCOC(=O)C1=C(c2ccccc2)N=c2s/c(=C\c3cc(I)cc(I)c3OCc3ccccc3F)c(=O)n2[C@@H]1c1cccc(OC)c1. The molecule has 7 nitrogen and oxygen atoms in total. The lowest BCUT2D eigenvalue weighted by molar-refractivity contribution is -0.138. The van der Waals surface area contributed by atoms with Gasteiger partial charge < -0.3 is 14.2 Å². The Hall–Kier alpha value is -3.82. The van der Waals surface area contributed by atoms with E-state index in [4.69, 9.17) is 19.2 Å². The van der Waals surface area contributed by atoms with Crippen LogP contribution in [0.1, 0.15) is 35.2 Å².